The number of anilines is 2. The Balaban J connectivity index is 1.48. The van der Waals surface area contributed by atoms with E-state index in [2.05, 4.69) is 19.8 Å². The molecule has 1 aliphatic rings. The normalized spacial score (nSPS) is 15.4. The van der Waals surface area contributed by atoms with Gasteiger partial charge in [-0.1, -0.05) is 23.7 Å². The van der Waals surface area contributed by atoms with Crippen LogP contribution in [0.2, 0.25) is 5.02 Å². The van der Waals surface area contributed by atoms with E-state index in [0.717, 1.165) is 54.4 Å². The molecule has 2 aromatic heterocycles. The van der Waals surface area contributed by atoms with E-state index in [4.69, 9.17) is 21.6 Å². The highest BCUT2D eigenvalue weighted by atomic mass is 35.5. The van der Waals surface area contributed by atoms with E-state index in [9.17, 15) is 0 Å². The highest BCUT2D eigenvalue weighted by molar-refractivity contribution is 6.30. The summed E-state index contributed by atoms with van der Waals surface area (Å²) in [6.07, 6.45) is 5.33. The third-order valence-electron chi connectivity index (χ3n) is 4.95. The molecule has 4 rings (SSSR count). The lowest BCUT2D eigenvalue weighted by Gasteiger charge is -2.37. The second kappa shape index (κ2) is 7.03. The Bertz CT molecular complexity index is 906. The zero-order chi connectivity index (χ0) is 18.1. The number of para-hydroxylation sites is 2. The summed E-state index contributed by atoms with van der Waals surface area (Å²) in [6, 6.07) is 8.43. The van der Waals surface area contributed by atoms with Crippen molar-refractivity contribution in [2.24, 2.45) is 0 Å². The van der Waals surface area contributed by atoms with Gasteiger partial charge in [-0.15, -0.1) is 0 Å². The van der Waals surface area contributed by atoms with Crippen molar-refractivity contribution >= 4 is 34.4 Å². The van der Waals surface area contributed by atoms with Crippen molar-refractivity contribution in [1.29, 1.82) is 0 Å². The number of piperidine rings is 1. The van der Waals surface area contributed by atoms with Crippen LogP contribution in [-0.4, -0.2) is 46.1 Å². The summed E-state index contributed by atoms with van der Waals surface area (Å²) in [5, 5.41) is 0.558. The molecule has 3 aromatic rings. The van der Waals surface area contributed by atoms with Gasteiger partial charge in [0.05, 0.1) is 34.1 Å². The first kappa shape index (κ1) is 17.0. The van der Waals surface area contributed by atoms with E-state index in [0.29, 0.717) is 11.1 Å². The van der Waals surface area contributed by atoms with Gasteiger partial charge in [0.2, 0.25) is 5.95 Å². The Morgan fingerprint density at radius 3 is 2.31 bits per heavy atom. The van der Waals surface area contributed by atoms with Crippen molar-refractivity contribution in [1.82, 2.24) is 19.9 Å². The molecule has 0 N–H and O–H groups in total. The molecular formula is C19H21ClN6. The van der Waals surface area contributed by atoms with Gasteiger partial charge in [0.1, 0.15) is 0 Å². The number of aryl methyl sites for hydroxylation is 1. The summed E-state index contributed by atoms with van der Waals surface area (Å²) in [5.41, 5.74) is 2.88. The van der Waals surface area contributed by atoms with E-state index in [-0.39, 0.29) is 0 Å². The number of aromatic nitrogens is 4. The maximum atomic E-state index is 5.88. The summed E-state index contributed by atoms with van der Waals surface area (Å²) in [4.78, 5) is 22.7. The fourth-order valence-corrected chi connectivity index (χ4v) is 3.59. The number of fused-ring (bicyclic) bond motifs is 1. The molecule has 1 aliphatic heterocycles. The molecule has 0 amide bonds. The Kier molecular flexibility index (Phi) is 4.59. The lowest BCUT2D eigenvalue weighted by molar-refractivity contribution is 0.475. The minimum atomic E-state index is 0.404. The minimum Gasteiger partial charge on any atom is -0.355 e. The van der Waals surface area contributed by atoms with Crippen LogP contribution in [0.4, 0.5) is 11.8 Å². The lowest BCUT2D eigenvalue weighted by atomic mass is 10.0. The van der Waals surface area contributed by atoms with Crippen LogP contribution >= 0.6 is 11.6 Å². The van der Waals surface area contributed by atoms with Crippen molar-refractivity contribution in [3.8, 4) is 0 Å². The second-order valence-corrected chi connectivity index (χ2v) is 7.09. The zero-order valence-corrected chi connectivity index (χ0v) is 15.7. The minimum absolute atomic E-state index is 0.404. The fourth-order valence-electron chi connectivity index (χ4n) is 3.49. The van der Waals surface area contributed by atoms with Crippen LogP contribution in [0.15, 0.2) is 36.7 Å². The Morgan fingerprint density at radius 2 is 1.65 bits per heavy atom. The number of hydrogen-bond acceptors (Lipinski definition) is 6. The molecular weight excluding hydrogens is 348 g/mol. The topological polar surface area (TPSA) is 58.0 Å². The van der Waals surface area contributed by atoms with Crippen molar-refractivity contribution < 1.29 is 0 Å². The van der Waals surface area contributed by atoms with Gasteiger partial charge in [-0.3, -0.25) is 0 Å². The molecule has 0 saturated carbocycles. The average molecular weight is 369 g/mol. The van der Waals surface area contributed by atoms with Crippen LogP contribution in [0.5, 0.6) is 0 Å². The second-order valence-electron chi connectivity index (χ2n) is 6.65. The van der Waals surface area contributed by atoms with E-state index in [1.165, 1.54) is 0 Å². The SMILES string of the molecule is Cc1nc2ccccc2nc1N1CCC(N(C)c2ncc(Cl)cn2)CC1. The lowest BCUT2D eigenvalue weighted by Crippen LogP contribution is -2.44. The number of nitrogens with zero attached hydrogens (tertiary/aromatic N) is 6. The van der Waals surface area contributed by atoms with Crippen molar-refractivity contribution in [2.45, 2.75) is 25.8 Å². The summed E-state index contributed by atoms with van der Waals surface area (Å²) in [7, 11) is 2.05. The van der Waals surface area contributed by atoms with E-state index in [1.54, 1.807) is 12.4 Å². The van der Waals surface area contributed by atoms with Crippen LogP contribution in [0.3, 0.4) is 0 Å². The molecule has 26 heavy (non-hydrogen) atoms. The van der Waals surface area contributed by atoms with Gasteiger partial charge in [0.15, 0.2) is 5.82 Å². The Hall–Kier alpha value is -2.47. The Labute approximate surface area is 157 Å². The van der Waals surface area contributed by atoms with Crippen LogP contribution in [0.25, 0.3) is 11.0 Å². The monoisotopic (exact) mass is 368 g/mol. The maximum absolute atomic E-state index is 5.88. The largest absolute Gasteiger partial charge is 0.355 e. The molecule has 7 heteroatoms. The molecule has 1 saturated heterocycles. The number of benzene rings is 1. The highest BCUT2D eigenvalue weighted by Crippen LogP contribution is 2.26. The molecule has 1 fully saturated rings. The molecule has 0 unspecified atom stereocenters. The van der Waals surface area contributed by atoms with E-state index < -0.39 is 0 Å². The highest BCUT2D eigenvalue weighted by Gasteiger charge is 2.25. The molecule has 0 spiro atoms. The van der Waals surface area contributed by atoms with Crippen LogP contribution < -0.4 is 9.80 Å². The van der Waals surface area contributed by atoms with Gasteiger partial charge in [0.25, 0.3) is 0 Å². The first-order valence-electron chi connectivity index (χ1n) is 8.80. The van der Waals surface area contributed by atoms with Gasteiger partial charge in [-0.2, -0.15) is 0 Å². The predicted octanol–water partition coefficient (Wildman–Crippen LogP) is 3.49. The van der Waals surface area contributed by atoms with Gasteiger partial charge in [-0.05, 0) is 31.9 Å². The maximum Gasteiger partial charge on any atom is 0.225 e. The number of hydrogen-bond donors (Lipinski definition) is 0. The molecule has 0 radical (unpaired) electrons. The molecule has 3 heterocycles. The first-order valence-corrected chi connectivity index (χ1v) is 9.18. The first-order chi connectivity index (χ1) is 12.6. The third kappa shape index (κ3) is 3.29. The quantitative estimate of drug-likeness (QED) is 0.705. The van der Waals surface area contributed by atoms with Crippen molar-refractivity contribution in [3.05, 3.63) is 47.4 Å². The zero-order valence-electron chi connectivity index (χ0n) is 14.9. The summed E-state index contributed by atoms with van der Waals surface area (Å²) in [5.74, 6) is 1.71. The molecule has 6 nitrogen and oxygen atoms in total. The number of halogens is 1. The van der Waals surface area contributed by atoms with Gasteiger partial charge in [0, 0.05) is 26.2 Å². The van der Waals surface area contributed by atoms with Crippen molar-refractivity contribution in [2.75, 3.05) is 29.9 Å². The Morgan fingerprint density at radius 1 is 1.04 bits per heavy atom. The summed E-state index contributed by atoms with van der Waals surface area (Å²) >= 11 is 5.88. The van der Waals surface area contributed by atoms with Gasteiger partial charge >= 0.3 is 0 Å². The van der Waals surface area contributed by atoms with Gasteiger partial charge < -0.3 is 9.80 Å². The molecule has 1 aromatic carbocycles. The predicted molar refractivity (Wildman–Crippen MR) is 105 cm³/mol. The number of rotatable bonds is 3. The van der Waals surface area contributed by atoms with Crippen molar-refractivity contribution in [3.63, 3.8) is 0 Å². The average Bonchev–Trinajstić information content (AvgIpc) is 2.68. The van der Waals surface area contributed by atoms with Gasteiger partial charge in [-0.25, -0.2) is 19.9 Å². The van der Waals surface area contributed by atoms with E-state index in [1.807, 2.05) is 38.2 Å². The standard InChI is InChI=1S/C19H21ClN6/c1-13-18(24-17-6-4-3-5-16(17)23-13)26-9-7-15(8-10-26)25(2)19-21-11-14(20)12-22-19/h3-6,11-12,15H,7-10H2,1-2H3. The molecule has 0 bridgehead atoms. The molecule has 0 atom stereocenters. The summed E-state index contributed by atoms with van der Waals surface area (Å²) in [6.45, 7) is 3.92. The van der Waals surface area contributed by atoms with Crippen LogP contribution in [0, 0.1) is 6.92 Å². The summed E-state index contributed by atoms with van der Waals surface area (Å²) < 4.78 is 0. The molecule has 134 valence electrons. The smallest absolute Gasteiger partial charge is 0.225 e. The van der Waals surface area contributed by atoms with Crippen LogP contribution in [0.1, 0.15) is 18.5 Å². The third-order valence-corrected chi connectivity index (χ3v) is 5.15. The van der Waals surface area contributed by atoms with E-state index >= 15 is 0 Å². The van der Waals surface area contributed by atoms with Crippen LogP contribution in [-0.2, 0) is 0 Å². The fraction of sp³-hybridized carbons (Fsp3) is 0.368. The molecule has 0 aliphatic carbocycles.